The van der Waals surface area contributed by atoms with E-state index in [1.165, 1.54) is 19.3 Å². The van der Waals surface area contributed by atoms with Crippen LogP contribution in [0.25, 0.3) is 0 Å². The Bertz CT molecular complexity index is 1120. The predicted octanol–water partition coefficient (Wildman–Crippen LogP) is -0.332. The quantitative estimate of drug-likeness (QED) is 0.317. The number of primary amides is 1. The monoisotopic (exact) mass is 495 g/mol. The molecule has 0 saturated carbocycles. The van der Waals surface area contributed by atoms with Crippen LogP contribution in [-0.4, -0.2) is 61.8 Å². The zero-order valence-electron chi connectivity index (χ0n) is 17.7. The van der Waals surface area contributed by atoms with Crippen molar-refractivity contribution in [1.29, 1.82) is 0 Å². The summed E-state index contributed by atoms with van der Waals surface area (Å²) < 4.78 is 32.4. The van der Waals surface area contributed by atoms with E-state index in [1.54, 1.807) is 35.7 Å². The van der Waals surface area contributed by atoms with Crippen LogP contribution in [0.1, 0.15) is 12.0 Å². The number of methoxy groups -OCH3 is 1. The van der Waals surface area contributed by atoms with E-state index in [2.05, 4.69) is 10.0 Å². The molecule has 0 saturated heterocycles. The third-order valence-electron chi connectivity index (χ3n) is 5.16. The minimum absolute atomic E-state index is 0.0210. The number of nitrogens with two attached hydrogens (primary N) is 1. The van der Waals surface area contributed by atoms with Crippen LogP contribution in [0.15, 0.2) is 57.6 Å². The van der Waals surface area contributed by atoms with Crippen molar-refractivity contribution in [2.75, 3.05) is 7.11 Å². The van der Waals surface area contributed by atoms with Gasteiger partial charge in [0.1, 0.15) is 22.1 Å². The number of rotatable bonds is 9. The number of ether oxygens (including phenoxy) is 1. The molecule has 1 aliphatic rings. The molecule has 6 N–H and O–H groups in total. The van der Waals surface area contributed by atoms with Crippen LogP contribution in [0, 0.1) is 0 Å². The van der Waals surface area contributed by atoms with Gasteiger partial charge in [0.15, 0.2) is 0 Å². The van der Waals surface area contributed by atoms with E-state index >= 15 is 0 Å². The first-order valence-corrected chi connectivity index (χ1v) is 12.3. The van der Waals surface area contributed by atoms with Crippen molar-refractivity contribution < 1.29 is 33.0 Å². The van der Waals surface area contributed by atoms with Crippen molar-refractivity contribution in [1.82, 2.24) is 10.0 Å². The van der Waals surface area contributed by atoms with Gasteiger partial charge in [0.05, 0.1) is 19.3 Å². The fraction of sp³-hybridized carbons (Fsp3) is 0.333. The highest BCUT2D eigenvalue weighted by Crippen LogP contribution is 2.23. The number of sulfonamides is 1. The molecule has 4 unspecified atom stereocenters. The van der Waals surface area contributed by atoms with Gasteiger partial charge in [-0.1, -0.05) is 24.3 Å². The minimum atomic E-state index is -3.97. The summed E-state index contributed by atoms with van der Waals surface area (Å²) in [4.78, 5) is 24.7. The first kappa shape index (κ1) is 24.9. The molecule has 10 nitrogen and oxygen atoms in total. The lowest BCUT2D eigenvalue weighted by atomic mass is 9.90. The fourth-order valence-electron chi connectivity index (χ4n) is 3.37. The largest absolute Gasteiger partial charge is 0.497 e. The van der Waals surface area contributed by atoms with Gasteiger partial charge in [-0.3, -0.25) is 9.59 Å². The van der Waals surface area contributed by atoms with Gasteiger partial charge < -0.3 is 26.0 Å². The second-order valence-corrected chi connectivity index (χ2v) is 10.4. The molecule has 2 aromatic rings. The highest BCUT2D eigenvalue weighted by Gasteiger charge is 2.36. The molecule has 0 bridgehead atoms. The lowest BCUT2D eigenvalue weighted by Crippen LogP contribution is -2.52. The summed E-state index contributed by atoms with van der Waals surface area (Å²) in [6.45, 7) is 0. The van der Waals surface area contributed by atoms with E-state index < -0.39 is 46.1 Å². The van der Waals surface area contributed by atoms with Crippen LogP contribution >= 0.6 is 11.3 Å². The minimum Gasteiger partial charge on any atom is -0.497 e. The number of benzene rings is 1. The molecule has 0 spiro atoms. The number of aliphatic hydroxyl groups excluding tert-OH is 2. The van der Waals surface area contributed by atoms with Crippen LogP contribution in [0.4, 0.5) is 0 Å². The second kappa shape index (κ2) is 10.4. The first-order chi connectivity index (χ1) is 15.6. The molecular weight excluding hydrogens is 470 g/mol. The molecule has 0 fully saturated rings. The lowest BCUT2D eigenvalue weighted by Gasteiger charge is -2.31. The average molecular weight is 496 g/mol. The van der Waals surface area contributed by atoms with Crippen LogP contribution in [0.5, 0.6) is 5.75 Å². The second-order valence-electron chi connectivity index (χ2n) is 7.51. The summed E-state index contributed by atoms with van der Waals surface area (Å²) in [7, 11) is -2.44. The van der Waals surface area contributed by atoms with Crippen LogP contribution in [-0.2, 0) is 26.0 Å². The fourth-order valence-corrected chi connectivity index (χ4v) is 5.57. The summed E-state index contributed by atoms with van der Waals surface area (Å²) in [6.07, 6.45) is -1.71. The van der Waals surface area contributed by atoms with Gasteiger partial charge in [-0.05, 0) is 29.1 Å². The Kier molecular flexibility index (Phi) is 7.87. The van der Waals surface area contributed by atoms with Gasteiger partial charge in [-0.2, -0.15) is 0 Å². The molecule has 178 valence electrons. The zero-order chi connectivity index (χ0) is 24.2. The Labute approximate surface area is 195 Å². The van der Waals surface area contributed by atoms with Crippen LogP contribution in [0.2, 0.25) is 0 Å². The third kappa shape index (κ3) is 6.18. The Morgan fingerprint density at radius 1 is 1.24 bits per heavy atom. The molecule has 1 aromatic heterocycles. The van der Waals surface area contributed by atoms with Crippen LogP contribution in [0.3, 0.4) is 0 Å². The number of carbonyl (C=O) groups excluding carboxylic acids is 2. The molecule has 0 aliphatic heterocycles. The van der Waals surface area contributed by atoms with Gasteiger partial charge in [0.25, 0.3) is 10.0 Å². The molecule has 3 rings (SSSR count). The normalized spacial score (nSPS) is 21.7. The van der Waals surface area contributed by atoms with E-state index in [1.807, 2.05) is 0 Å². The standard InChI is InChI=1S/C21H25N3O7S2/c1-31-14-6-4-12(5-7-14)9-16(20(22)27)23-21(28)13-10-15(19(26)17(25)11-13)24-33(29,30)18-3-2-8-32-18/h2-8,10,15-17,19,24-26H,9,11H2,1H3,(H2,22,27)(H,23,28). The number of hydrogen-bond donors (Lipinski definition) is 5. The van der Waals surface area contributed by atoms with Crippen molar-refractivity contribution in [3.05, 3.63) is 59.0 Å². The van der Waals surface area contributed by atoms with Crippen molar-refractivity contribution >= 4 is 33.2 Å². The van der Waals surface area contributed by atoms with Crippen molar-refractivity contribution in [2.45, 2.75) is 41.3 Å². The predicted molar refractivity (Wildman–Crippen MR) is 121 cm³/mol. The van der Waals surface area contributed by atoms with Gasteiger partial charge >= 0.3 is 0 Å². The summed E-state index contributed by atoms with van der Waals surface area (Å²) >= 11 is 0.989. The number of nitrogens with one attached hydrogen (secondary N) is 2. The number of carbonyl (C=O) groups is 2. The van der Waals surface area contributed by atoms with E-state index in [0.29, 0.717) is 5.75 Å². The molecule has 12 heteroatoms. The highest BCUT2D eigenvalue weighted by molar-refractivity contribution is 7.91. The maximum atomic E-state index is 12.8. The summed E-state index contributed by atoms with van der Waals surface area (Å²) in [5.41, 5.74) is 6.21. The molecular formula is C21H25N3O7S2. The first-order valence-electron chi connectivity index (χ1n) is 9.96. The Hall–Kier alpha value is -2.77. The van der Waals surface area contributed by atoms with Gasteiger partial charge in [0.2, 0.25) is 11.8 Å². The number of hydrogen-bond acceptors (Lipinski definition) is 8. The number of thiophene rings is 1. The molecule has 0 radical (unpaired) electrons. The average Bonchev–Trinajstić information content (AvgIpc) is 3.32. The Morgan fingerprint density at radius 3 is 2.52 bits per heavy atom. The number of aliphatic hydroxyl groups is 2. The lowest BCUT2D eigenvalue weighted by molar-refractivity contribution is -0.125. The molecule has 4 atom stereocenters. The molecule has 1 aliphatic carbocycles. The van der Waals surface area contributed by atoms with E-state index in [-0.39, 0.29) is 22.6 Å². The molecule has 33 heavy (non-hydrogen) atoms. The smallest absolute Gasteiger partial charge is 0.250 e. The summed E-state index contributed by atoms with van der Waals surface area (Å²) in [5, 5.41) is 24.6. The van der Waals surface area contributed by atoms with Gasteiger partial charge in [-0.15, -0.1) is 11.3 Å². The van der Waals surface area contributed by atoms with Crippen molar-refractivity contribution in [2.24, 2.45) is 5.73 Å². The zero-order valence-corrected chi connectivity index (χ0v) is 19.3. The van der Waals surface area contributed by atoms with E-state index in [0.717, 1.165) is 16.9 Å². The van der Waals surface area contributed by atoms with E-state index in [4.69, 9.17) is 10.5 Å². The van der Waals surface area contributed by atoms with Crippen LogP contribution < -0.4 is 20.5 Å². The Morgan fingerprint density at radius 2 is 1.94 bits per heavy atom. The van der Waals surface area contributed by atoms with Gasteiger partial charge in [0, 0.05) is 18.4 Å². The summed E-state index contributed by atoms with van der Waals surface area (Å²) in [6, 6.07) is 7.56. The van der Waals surface area contributed by atoms with Crippen molar-refractivity contribution in [3.8, 4) is 5.75 Å². The topological polar surface area (TPSA) is 168 Å². The highest BCUT2D eigenvalue weighted by atomic mass is 32.2. The molecule has 1 aromatic carbocycles. The van der Waals surface area contributed by atoms with Crippen molar-refractivity contribution in [3.63, 3.8) is 0 Å². The molecule has 2 amide bonds. The Balaban J connectivity index is 1.75. The third-order valence-corrected chi connectivity index (χ3v) is 8.02. The number of amides is 2. The van der Waals surface area contributed by atoms with Gasteiger partial charge in [-0.25, -0.2) is 13.1 Å². The maximum Gasteiger partial charge on any atom is 0.250 e. The molecule has 1 heterocycles. The maximum absolute atomic E-state index is 12.8. The van der Waals surface area contributed by atoms with E-state index in [9.17, 15) is 28.2 Å². The SMILES string of the molecule is COc1ccc(CC(NC(=O)C2=CC(NS(=O)(=O)c3cccs3)C(O)C(O)C2)C(N)=O)cc1. The summed E-state index contributed by atoms with van der Waals surface area (Å²) in [5.74, 6) is -0.820.